The van der Waals surface area contributed by atoms with Crippen molar-refractivity contribution in [2.45, 2.75) is 26.3 Å². The number of ether oxygens (including phenoxy) is 2. The van der Waals surface area contributed by atoms with E-state index in [2.05, 4.69) is 10.2 Å². The van der Waals surface area contributed by atoms with Gasteiger partial charge in [-0.25, -0.2) is 4.79 Å². The number of fused-ring (bicyclic) bond motifs is 1. The van der Waals surface area contributed by atoms with Gasteiger partial charge in [0.2, 0.25) is 5.75 Å². The van der Waals surface area contributed by atoms with Gasteiger partial charge in [0.15, 0.2) is 11.3 Å². The fourth-order valence-corrected chi connectivity index (χ4v) is 3.83. The Morgan fingerprint density at radius 2 is 1.87 bits per heavy atom. The van der Waals surface area contributed by atoms with Crippen LogP contribution in [0.5, 0.6) is 11.5 Å². The molecule has 0 bridgehead atoms. The number of benzene rings is 2. The lowest BCUT2D eigenvalue weighted by Gasteiger charge is -2.15. The van der Waals surface area contributed by atoms with Crippen LogP contribution in [0.2, 0.25) is 0 Å². The van der Waals surface area contributed by atoms with E-state index in [9.17, 15) is 9.59 Å². The number of anilines is 1. The molecule has 1 saturated heterocycles. The van der Waals surface area contributed by atoms with Crippen molar-refractivity contribution >= 4 is 22.6 Å². The number of nitrogens with zero attached hydrogens (tertiary/aromatic N) is 1. The Kier molecular flexibility index (Phi) is 6.23. The van der Waals surface area contributed by atoms with Gasteiger partial charge in [-0.15, -0.1) is 0 Å². The van der Waals surface area contributed by atoms with E-state index in [0.717, 1.165) is 19.6 Å². The quantitative estimate of drug-likeness (QED) is 0.579. The van der Waals surface area contributed by atoms with Gasteiger partial charge in [-0.3, -0.25) is 9.69 Å². The summed E-state index contributed by atoms with van der Waals surface area (Å²) in [6.45, 7) is 5.39. The summed E-state index contributed by atoms with van der Waals surface area (Å²) in [5.74, 6) is 0.292. The van der Waals surface area contributed by atoms with Crippen LogP contribution in [-0.2, 0) is 6.54 Å². The third-order valence-electron chi connectivity index (χ3n) is 5.39. The lowest BCUT2D eigenvalue weighted by Crippen LogP contribution is -2.21. The summed E-state index contributed by atoms with van der Waals surface area (Å²) < 4.78 is 16.3. The maximum atomic E-state index is 12.7. The summed E-state index contributed by atoms with van der Waals surface area (Å²) in [6, 6.07) is 12.7. The molecule has 7 nitrogen and oxygen atoms in total. The first kappa shape index (κ1) is 20.9. The number of carbonyl (C=O) groups excluding carboxylic acids is 1. The number of hydrogen-bond donors (Lipinski definition) is 1. The third kappa shape index (κ3) is 4.56. The second kappa shape index (κ2) is 9.22. The second-order valence-corrected chi connectivity index (χ2v) is 7.53. The Balaban J connectivity index is 1.54. The third-order valence-corrected chi connectivity index (χ3v) is 5.39. The average molecular weight is 422 g/mol. The lowest BCUT2D eigenvalue weighted by molar-refractivity contribution is 0.102. The molecule has 1 aromatic heterocycles. The first-order valence-corrected chi connectivity index (χ1v) is 10.5. The topological polar surface area (TPSA) is 81.0 Å². The predicted molar refractivity (Wildman–Crippen MR) is 119 cm³/mol. The molecule has 2 heterocycles. The number of amides is 1. The van der Waals surface area contributed by atoms with Crippen molar-refractivity contribution in [3.63, 3.8) is 0 Å². The van der Waals surface area contributed by atoms with Crippen molar-refractivity contribution in [2.24, 2.45) is 0 Å². The van der Waals surface area contributed by atoms with E-state index >= 15 is 0 Å². The van der Waals surface area contributed by atoms with Crippen LogP contribution < -0.4 is 20.4 Å². The fraction of sp³-hybridized carbons (Fsp3) is 0.333. The molecule has 0 aliphatic carbocycles. The number of likely N-dealkylation sites (tertiary alicyclic amines) is 1. The molecule has 31 heavy (non-hydrogen) atoms. The number of rotatable bonds is 7. The smallest absolute Gasteiger partial charge is 0.349 e. The van der Waals surface area contributed by atoms with E-state index in [0.29, 0.717) is 29.2 Å². The highest BCUT2D eigenvalue weighted by molar-refractivity contribution is 6.05. The minimum Gasteiger partial charge on any atom is -0.493 e. The zero-order valence-electron chi connectivity index (χ0n) is 17.8. The molecule has 7 heteroatoms. The highest BCUT2D eigenvalue weighted by Gasteiger charge is 2.19. The second-order valence-electron chi connectivity index (χ2n) is 7.53. The van der Waals surface area contributed by atoms with Crippen LogP contribution in [0.3, 0.4) is 0 Å². The Labute approximate surface area is 180 Å². The number of methoxy groups -OCH3 is 1. The molecule has 0 atom stereocenters. The van der Waals surface area contributed by atoms with Crippen molar-refractivity contribution in [1.82, 2.24) is 4.90 Å². The Morgan fingerprint density at radius 1 is 1.13 bits per heavy atom. The van der Waals surface area contributed by atoms with Crippen LogP contribution in [0.1, 0.15) is 35.7 Å². The monoisotopic (exact) mass is 422 g/mol. The van der Waals surface area contributed by atoms with Gasteiger partial charge in [0, 0.05) is 17.6 Å². The summed E-state index contributed by atoms with van der Waals surface area (Å²) in [6.07, 6.45) is 2.50. The average Bonchev–Trinajstić information content (AvgIpc) is 3.28. The van der Waals surface area contributed by atoms with Crippen molar-refractivity contribution in [2.75, 3.05) is 32.1 Å². The van der Waals surface area contributed by atoms with Crippen molar-refractivity contribution < 1.29 is 18.7 Å². The summed E-state index contributed by atoms with van der Waals surface area (Å²) in [5, 5.41) is 3.36. The molecule has 0 spiro atoms. The Bertz CT molecular complexity index is 1130. The fourth-order valence-electron chi connectivity index (χ4n) is 3.83. The van der Waals surface area contributed by atoms with E-state index in [-0.39, 0.29) is 11.1 Å². The minimum atomic E-state index is -0.732. The highest BCUT2D eigenvalue weighted by atomic mass is 16.5. The zero-order chi connectivity index (χ0) is 21.8. The molecule has 0 radical (unpaired) electrons. The van der Waals surface area contributed by atoms with Gasteiger partial charge in [0.25, 0.3) is 5.91 Å². The summed E-state index contributed by atoms with van der Waals surface area (Å²) >= 11 is 0. The van der Waals surface area contributed by atoms with Crippen LogP contribution in [0.15, 0.2) is 51.7 Å². The predicted octanol–water partition coefficient (Wildman–Crippen LogP) is 4.05. The van der Waals surface area contributed by atoms with E-state index in [1.54, 1.807) is 12.1 Å². The molecule has 0 saturated carbocycles. The normalized spacial score (nSPS) is 14.0. The van der Waals surface area contributed by atoms with Gasteiger partial charge in [0.05, 0.1) is 13.7 Å². The standard InChI is InChI=1S/C24H26N2O5/c1-3-30-22-20(29-2)11-8-17-14-19(24(28)31-21(17)22)23(27)25-18-9-6-16(7-10-18)15-26-12-4-5-13-26/h6-11,14H,3-5,12-13,15H2,1-2H3,(H,25,27). The van der Waals surface area contributed by atoms with Gasteiger partial charge in [-0.05, 0) is 68.8 Å². The maximum absolute atomic E-state index is 12.7. The van der Waals surface area contributed by atoms with Crippen LogP contribution in [-0.4, -0.2) is 37.6 Å². The lowest BCUT2D eigenvalue weighted by atomic mass is 10.1. The Hall–Kier alpha value is -3.32. The van der Waals surface area contributed by atoms with Crippen molar-refractivity contribution in [3.8, 4) is 11.5 Å². The SMILES string of the molecule is CCOc1c(OC)ccc2cc(C(=O)Nc3ccc(CN4CCCC4)cc3)c(=O)oc12. The van der Waals surface area contributed by atoms with Gasteiger partial charge in [0.1, 0.15) is 5.56 Å². The highest BCUT2D eigenvalue weighted by Crippen LogP contribution is 2.35. The van der Waals surface area contributed by atoms with Crippen LogP contribution >= 0.6 is 0 Å². The molecular weight excluding hydrogens is 396 g/mol. The van der Waals surface area contributed by atoms with Crippen molar-refractivity contribution in [1.29, 1.82) is 0 Å². The van der Waals surface area contributed by atoms with Crippen LogP contribution in [0, 0.1) is 0 Å². The molecule has 2 aromatic carbocycles. The molecule has 1 aliphatic heterocycles. The number of hydrogen-bond acceptors (Lipinski definition) is 6. The summed E-state index contributed by atoms with van der Waals surface area (Å²) in [7, 11) is 1.51. The first-order valence-electron chi connectivity index (χ1n) is 10.5. The molecule has 1 fully saturated rings. The maximum Gasteiger partial charge on any atom is 0.349 e. The molecule has 4 rings (SSSR count). The van der Waals surface area contributed by atoms with Gasteiger partial charge in [-0.2, -0.15) is 0 Å². The first-order chi connectivity index (χ1) is 15.1. The molecule has 0 unspecified atom stereocenters. The van der Waals surface area contributed by atoms with Gasteiger partial charge < -0.3 is 19.2 Å². The summed E-state index contributed by atoms with van der Waals surface area (Å²) in [5.41, 5.74) is 1.28. The largest absolute Gasteiger partial charge is 0.493 e. The van der Waals surface area contributed by atoms with E-state index in [1.807, 2.05) is 31.2 Å². The molecule has 1 amide bonds. The number of nitrogens with one attached hydrogen (secondary N) is 1. The van der Waals surface area contributed by atoms with Crippen molar-refractivity contribution in [3.05, 3.63) is 64.0 Å². The van der Waals surface area contributed by atoms with E-state index in [4.69, 9.17) is 13.9 Å². The molecule has 1 N–H and O–H groups in total. The van der Waals surface area contributed by atoms with Crippen LogP contribution in [0.4, 0.5) is 5.69 Å². The van der Waals surface area contributed by atoms with Gasteiger partial charge in [-0.1, -0.05) is 12.1 Å². The summed E-state index contributed by atoms with van der Waals surface area (Å²) in [4.78, 5) is 27.7. The van der Waals surface area contributed by atoms with Gasteiger partial charge >= 0.3 is 5.63 Å². The number of carbonyl (C=O) groups is 1. The molecule has 3 aromatic rings. The Morgan fingerprint density at radius 3 is 2.55 bits per heavy atom. The molecule has 162 valence electrons. The molecule has 1 aliphatic rings. The van der Waals surface area contributed by atoms with E-state index in [1.165, 1.54) is 31.6 Å². The van der Waals surface area contributed by atoms with E-state index < -0.39 is 11.5 Å². The molecular formula is C24H26N2O5. The minimum absolute atomic E-state index is 0.0683. The van der Waals surface area contributed by atoms with Crippen LogP contribution in [0.25, 0.3) is 11.0 Å². The zero-order valence-corrected chi connectivity index (χ0v) is 17.8.